The van der Waals surface area contributed by atoms with Gasteiger partial charge in [0.15, 0.2) is 0 Å². The molecule has 1 atom stereocenters. The lowest BCUT2D eigenvalue weighted by Gasteiger charge is -2.14. The number of carbonyl (C=O) groups is 1. The first-order chi connectivity index (χ1) is 7.76. The minimum atomic E-state index is -0.469. The van der Waals surface area contributed by atoms with E-state index in [0.29, 0.717) is 32.8 Å². The second kappa shape index (κ2) is 10.8. The van der Waals surface area contributed by atoms with Crippen LogP contribution in [0.25, 0.3) is 0 Å². The quantitative estimate of drug-likeness (QED) is 0.237. The van der Waals surface area contributed by atoms with Gasteiger partial charge in [0.2, 0.25) is 0 Å². The van der Waals surface area contributed by atoms with Gasteiger partial charge in [-0.15, -0.1) is 0 Å². The molecule has 0 saturated heterocycles. The first kappa shape index (κ1) is 15.3. The summed E-state index contributed by atoms with van der Waals surface area (Å²) in [4.78, 5) is 11.1. The van der Waals surface area contributed by atoms with Crippen molar-refractivity contribution in [2.24, 2.45) is 5.84 Å². The largest absolute Gasteiger partial charge is 0.382 e. The molecule has 0 aromatic rings. The lowest BCUT2D eigenvalue weighted by Crippen LogP contribution is -2.40. The third kappa shape index (κ3) is 7.58. The van der Waals surface area contributed by atoms with Crippen molar-refractivity contribution in [3.8, 4) is 0 Å². The number of hydrazine groups is 1. The zero-order valence-corrected chi connectivity index (χ0v) is 10.0. The van der Waals surface area contributed by atoms with Crippen LogP contribution in [0.5, 0.6) is 0 Å². The highest BCUT2D eigenvalue weighted by Gasteiger charge is 2.14. The monoisotopic (exact) mass is 234 g/mol. The van der Waals surface area contributed by atoms with Crippen molar-refractivity contribution in [1.82, 2.24) is 5.43 Å². The maximum Gasteiger partial charge on any atom is 0.262 e. The zero-order valence-electron chi connectivity index (χ0n) is 10.0. The summed E-state index contributed by atoms with van der Waals surface area (Å²) in [7, 11) is 1.63. The van der Waals surface area contributed by atoms with Crippen LogP contribution < -0.4 is 11.3 Å². The average molecular weight is 234 g/mol. The number of hydrogen-bond acceptors (Lipinski definition) is 5. The van der Waals surface area contributed by atoms with E-state index >= 15 is 0 Å². The molecule has 0 aliphatic rings. The highest BCUT2D eigenvalue weighted by Crippen LogP contribution is 1.98. The third-order valence-electron chi connectivity index (χ3n) is 1.99. The van der Waals surface area contributed by atoms with Crippen molar-refractivity contribution in [1.29, 1.82) is 0 Å². The van der Waals surface area contributed by atoms with Crippen LogP contribution in [-0.2, 0) is 19.0 Å². The molecule has 0 aromatic heterocycles. The summed E-state index contributed by atoms with van der Waals surface area (Å²) in [6.45, 7) is 4.13. The van der Waals surface area contributed by atoms with E-state index in [-0.39, 0.29) is 5.91 Å². The van der Waals surface area contributed by atoms with E-state index in [9.17, 15) is 4.79 Å². The van der Waals surface area contributed by atoms with Crippen LogP contribution in [0.1, 0.15) is 19.8 Å². The normalized spacial score (nSPS) is 12.4. The Labute approximate surface area is 96.4 Å². The summed E-state index contributed by atoms with van der Waals surface area (Å²) in [6, 6.07) is 0. The average Bonchev–Trinajstić information content (AvgIpc) is 2.32. The molecular formula is C10H22N2O4. The smallest absolute Gasteiger partial charge is 0.262 e. The van der Waals surface area contributed by atoms with Gasteiger partial charge >= 0.3 is 0 Å². The van der Waals surface area contributed by atoms with Crippen molar-refractivity contribution >= 4 is 5.91 Å². The number of methoxy groups -OCH3 is 1. The van der Waals surface area contributed by atoms with Crippen molar-refractivity contribution < 1.29 is 19.0 Å². The van der Waals surface area contributed by atoms with Crippen LogP contribution in [0.3, 0.4) is 0 Å². The Morgan fingerprint density at radius 3 is 2.62 bits per heavy atom. The second-order valence-electron chi connectivity index (χ2n) is 3.23. The van der Waals surface area contributed by atoms with Crippen LogP contribution >= 0.6 is 0 Å². The van der Waals surface area contributed by atoms with E-state index in [0.717, 1.165) is 6.42 Å². The first-order valence-electron chi connectivity index (χ1n) is 5.45. The highest BCUT2D eigenvalue weighted by molar-refractivity contribution is 5.79. The van der Waals surface area contributed by atoms with Gasteiger partial charge < -0.3 is 14.2 Å². The molecule has 0 aliphatic heterocycles. The standard InChI is InChI=1S/C10H22N2O4/c1-3-9(10(13)12-11)16-6-4-5-15-8-7-14-2/h9H,3-8,11H2,1-2H3,(H,12,13). The molecule has 0 bridgehead atoms. The molecule has 6 nitrogen and oxygen atoms in total. The van der Waals surface area contributed by atoms with Crippen LogP contribution in [0.4, 0.5) is 0 Å². The van der Waals surface area contributed by atoms with Crippen molar-refractivity contribution in [2.75, 3.05) is 33.5 Å². The molecule has 3 N–H and O–H groups in total. The lowest BCUT2D eigenvalue weighted by atomic mass is 10.2. The minimum Gasteiger partial charge on any atom is -0.382 e. The Morgan fingerprint density at radius 2 is 2.06 bits per heavy atom. The zero-order chi connectivity index (χ0) is 12.2. The Balaban J connectivity index is 3.38. The molecule has 16 heavy (non-hydrogen) atoms. The topological polar surface area (TPSA) is 82.8 Å². The van der Waals surface area contributed by atoms with Crippen molar-refractivity contribution in [3.05, 3.63) is 0 Å². The molecule has 0 aliphatic carbocycles. The van der Waals surface area contributed by atoms with Gasteiger partial charge in [0.05, 0.1) is 13.2 Å². The summed E-state index contributed by atoms with van der Waals surface area (Å²) < 4.78 is 15.4. The van der Waals surface area contributed by atoms with Crippen LogP contribution in [0.2, 0.25) is 0 Å². The van der Waals surface area contributed by atoms with E-state index in [1.807, 2.05) is 6.92 Å². The van der Waals surface area contributed by atoms with E-state index in [4.69, 9.17) is 20.1 Å². The Hall–Kier alpha value is -0.690. The summed E-state index contributed by atoms with van der Waals surface area (Å²) in [6.07, 6.45) is 0.884. The summed E-state index contributed by atoms with van der Waals surface area (Å²) in [5.41, 5.74) is 2.07. The maximum absolute atomic E-state index is 11.1. The van der Waals surface area contributed by atoms with Gasteiger partial charge in [-0.2, -0.15) is 0 Å². The van der Waals surface area contributed by atoms with Crippen molar-refractivity contribution in [2.45, 2.75) is 25.9 Å². The molecule has 1 unspecified atom stereocenters. The number of hydrogen-bond donors (Lipinski definition) is 2. The molecule has 0 rings (SSSR count). The molecule has 0 saturated carbocycles. The molecule has 0 radical (unpaired) electrons. The number of amides is 1. The fourth-order valence-corrected chi connectivity index (χ4v) is 1.10. The molecule has 0 aromatic carbocycles. The van der Waals surface area contributed by atoms with Crippen LogP contribution in [-0.4, -0.2) is 45.5 Å². The SMILES string of the molecule is CCC(OCCCOCCOC)C(=O)NN. The van der Waals surface area contributed by atoms with Crippen molar-refractivity contribution in [3.63, 3.8) is 0 Å². The first-order valence-corrected chi connectivity index (χ1v) is 5.45. The van der Waals surface area contributed by atoms with Crippen LogP contribution in [0, 0.1) is 0 Å². The fraction of sp³-hybridized carbons (Fsp3) is 0.900. The lowest BCUT2D eigenvalue weighted by molar-refractivity contribution is -0.133. The molecule has 0 spiro atoms. The predicted octanol–water partition coefficient (Wildman–Crippen LogP) is -0.175. The van der Waals surface area contributed by atoms with Gasteiger partial charge in [-0.25, -0.2) is 5.84 Å². The van der Waals surface area contributed by atoms with Gasteiger partial charge in [-0.3, -0.25) is 10.2 Å². The Kier molecular flexibility index (Phi) is 10.3. The number of carbonyl (C=O) groups excluding carboxylic acids is 1. The molecule has 0 heterocycles. The molecular weight excluding hydrogens is 212 g/mol. The summed E-state index contributed by atoms with van der Waals surface area (Å²) in [5.74, 6) is 4.73. The van der Waals surface area contributed by atoms with Gasteiger partial charge in [0.25, 0.3) is 5.91 Å². The van der Waals surface area contributed by atoms with E-state index in [1.54, 1.807) is 7.11 Å². The molecule has 1 amide bonds. The number of nitrogens with two attached hydrogens (primary N) is 1. The van der Waals surface area contributed by atoms with E-state index < -0.39 is 6.10 Å². The van der Waals surface area contributed by atoms with Gasteiger partial charge in [-0.05, 0) is 12.8 Å². The highest BCUT2D eigenvalue weighted by atomic mass is 16.5. The van der Waals surface area contributed by atoms with Gasteiger partial charge in [0, 0.05) is 20.3 Å². The molecule has 6 heteroatoms. The number of nitrogens with one attached hydrogen (secondary N) is 1. The maximum atomic E-state index is 11.1. The Bertz CT molecular complexity index is 178. The predicted molar refractivity (Wildman–Crippen MR) is 59.7 cm³/mol. The van der Waals surface area contributed by atoms with Crippen LogP contribution in [0.15, 0.2) is 0 Å². The third-order valence-corrected chi connectivity index (χ3v) is 1.99. The minimum absolute atomic E-state index is 0.289. The van der Waals surface area contributed by atoms with E-state index in [1.165, 1.54) is 0 Å². The Morgan fingerprint density at radius 1 is 1.31 bits per heavy atom. The van der Waals surface area contributed by atoms with Gasteiger partial charge in [0.1, 0.15) is 6.10 Å². The van der Waals surface area contributed by atoms with E-state index in [2.05, 4.69) is 5.43 Å². The van der Waals surface area contributed by atoms with Gasteiger partial charge in [-0.1, -0.05) is 6.92 Å². The molecule has 0 fully saturated rings. The fourth-order valence-electron chi connectivity index (χ4n) is 1.10. The summed E-state index contributed by atoms with van der Waals surface area (Å²) >= 11 is 0. The molecule has 96 valence electrons. The summed E-state index contributed by atoms with van der Waals surface area (Å²) in [5, 5.41) is 0. The number of ether oxygens (including phenoxy) is 3. The second-order valence-corrected chi connectivity index (χ2v) is 3.23. The number of rotatable bonds is 10.